The van der Waals surface area contributed by atoms with Gasteiger partial charge in [-0.25, -0.2) is 13.2 Å². The Morgan fingerprint density at radius 2 is 1.94 bits per heavy atom. The van der Waals surface area contributed by atoms with Gasteiger partial charge in [-0.05, 0) is 37.1 Å². The van der Waals surface area contributed by atoms with Crippen LogP contribution in [0.3, 0.4) is 0 Å². The van der Waals surface area contributed by atoms with Crippen molar-refractivity contribution in [3.05, 3.63) is 67.6 Å². The molecule has 31 heavy (non-hydrogen) atoms. The lowest BCUT2D eigenvalue weighted by atomic mass is 10.1. The highest BCUT2D eigenvalue weighted by Crippen LogP contribution is 2.31. The molecule has 164 valence electrons. The molecule has 0 bridgehead atoms. The average Bonchev–Trinajstić information content (AvgIpc) is 3.18. The minimum atomic E-state index is -3.43. The van der Waals surface area contributed by atoms with Crippen LogP contribution in [0.2, 0.25) is 0 Å². The molecule has 12 heteroatoms. The minimum Gasteiger partial charge on any atom is -0.465 e. The molecule has 0 N–H and O–H groups in total. The molecule has 1 aromatic heterocycles. The van der Waals surface area contributed by atoms with Gasteiger partial charge in [0.25, 0.3) is 0 Å². The molecular weight excluding hydrogens is 430 g/mol. The van der Waals surface area contributed by atoms with Gasteiger partial charge in [0.2, 0.25) is 10.0 Å². The normalized spacial score (nSPS) is 13.0. The number of nitro groups is 1. The van der Waals surface area contributed by atoms with Gasteiger partial charge in [-0.1, -0.05) is 0 Å². The number of Topliss-reactive ketones (excluding diaryl/α,β-unsaturated/α-hetero) is 1. The highest BCUT2D eigenvalue weighted by Gasteiger charge is 2.29. The van der Waals surface area contributed by atoms with Gasteiger partial charge in [0, 0.05) is 24.4 Å². The number of benzene rings is 1. The summed E-state index contributed by atoms with van der Waals surface area (Å²) in [5.74, 6) is -1.47. The summed E-state index contributed by atoms with van der Waals surface area (Å²) in [6, 6.07) is 5.31. The van der Waals surface area contributed by atoms with Crippen molar-refractivity contribution < 1.29 is 27.7 Å². The third-order valence-electron chi connectivity index (χ3n) is 4.95. The summed E-state index contributed by atoms with van der Waals surface area (Å²) >= 11 is 0. The Hall–Kier alpha value is -3.54. The first-order valence-corrected chi connectivity index (χ1v) is 10.8. The van der Waals surface area contributed by atoms with E-state index in [0.717, 1.165) is 23.9 Å². The Balaban J connectivity index is 1.94. The Morgan fingerprint density at radius 3 is 2.55 bits per heavy atom. The zero-order valence-electron chi connectivity index (χ0n) is 16.7. The molecule has 2 aromatic rings. The number of esters is 1. The van der Waals surface area contributed by atoms with Crippen LogP contribution in [0, 0.1) is 10.1 Å². The van der Waals surface area contributed by atoms with Gasteiger partial charge < -0.3 is 9.30 Å². The van der Waals surface area contributed by atoms with E-state index in [1.165, 1.54) is 16.4 Å². The number of hydrogen-bond acceptors (Lipinski definition) is 8. The van der Waals surface area contributed by atoms with Crippen molar-refractivity contribution in [3.63, 3.8) is 0 Å². The van der Waals surface area contributed by atoms with Crippen LogP contribution >= 0.6 is 0 Å². The Kier molecular flexibility index (Phi) is 5.93. The number of methoxy groups -OCH3 is 1. The molecule has 0 aliphatic carbocycles. The summed E-state index contributed by atoms with van der Waals surface area (Å²) in [7, 11) is -2.35. The number of ketones is 1. The van der Waals surface area contributed by atoms with E-state index in [-0.39, 0.29) is 23.4 Å². The molecule has 0 saturated carbocycles. The van der Waals surface area contributed by atoms with E-state index >= 15 is 0 Å². The van der Waals surface area contributed by atoms with Crippen molar-refractivity contribution in [2.75, 3.05) is 23.7 Å². The summed E-state index contributed by atoms with van der Waals surface area (Å²) in [5, 5.41) is 11.2. The predicted octanol–water partition coefficient (Wildman–Crippen LogP) is 1.14. The molecule has 1 aromatic carbocycles. The Labute approximate surface area is 177 Å². The van der Waals surface area contributed by atoms with Crippen LogP contribution in [0.1, 0.15) is 33.2 Å². The summed E-state index contributed by atoms with van der Waals surface area (Å²) in [5.41, 5.74) is -0.746. The van der Waals surface area contributed by atoms with Crippen molar-refractivity contribution in [1.82, 2.24) is 4.57 Å². The lowest BCUT2D eigenvalue weighted by Gasteiger charge is -2.18. The van der Waals surface area contributed by atoms with E-state index in [4.69, 9.17) is 0 Å². The summed E-state index contributed by atoms with van der Waals surface area (Å²) in [6.45, 7) is 1.28. The van der Waals surface area contributed by atoms with Crippen LogP contribution in [0.5, 0.6) is 0 Å². The van der Waals surface area contributed by atoms with Crippen LogP contribution in [-0.2, 0) is 27.7 Å². The van der Waals surface area contributed by atoms with Crippen LogP contribution < -0.4 is 9.86 Å². The largest absolute Gasteiger partial charge is 0.465 e. The number of carbonyl (C=O) groups is 2. The van der Waals surface area contributed by atoms with Gasteiger partial charge >= 0.3 is 17.2 Å². The van der Waals surface area contributed by atoms with Crippen molar-refractivity contribution in [2.45, 2.75) is 19.9 Å². The molecular formula is C19H19N3O8S. The molecule has 2 heterocycles. The zero-order chi connectivity index (χ0) is 22.9. The number of anilines is 1. The van der Waals surface area contributed by atoms with Crippen LogP contribution in [0.25, 0.3) is 0 Å². The van der Waals surface area contributed by atoms with Gasteiger partial charge in [0.15, 0.2) is 5.78 Å². The lowest BCUT2D eigenvalue weighted by Crippen LogP contribution is -2.30. The number of hydrogen-bond donors (Lipinski definition) is 0. The summed E-state index contributed by atoms with van der Waals surface area (Å²) in [4.78, 5) is 47.1. The smallest absolute Gasteiger partial charge is 0.339 e. The number of aromatic nitrogens is 1. The summed E-state index contributed by atoms with van der Waals surface area (Å²) < 4.78 is 31.0. The van der Waals surface area contributed by atoms with Gasteiger partial charge in [-0.2, -0.15) is 0 Å². The first-order chi connectivity index (χ1) is 14.6. The maximum Gasteiger partial charge on any atom is 0.339 e. The van der Waals surface area contributed by atoms with Gasteiger partial charge in [0.05, 0.1) is 35.6 Å². The molecule has 0 radical (unpaired) electrons. The fraction of sp³-hybridized carbons (Fsp3) is 0.316. The van der Waals surface area contributed by atoms with Crippen LogP contribution in [0.15, 0.2) is 35.3 Å². The SMILES string of the molecule is CCS(=O)(=O)N1CCc2cc(C(=O)Cn3cc(C(=O)OC)cc([N+](=O)[O-])c3=O)ccc21. The molecule has 0 saturated heterocycles. The summed E-state index contributed by atoms with van der Waals surface area (Å²) in [6.07, 6.45) is 1.46. The molecule has 0 amide bonds. The van der Waals surface area contributed by atoms with E-state index in [1.54, 1.807) is 13.0 Å². The number of rotatable bonds is 7. The third-order valence-corrected chi connectivity index (χ3v) is 6.73. The van der Waals surface area contributed by atoms with Gasteiger partial charge in [-0.15, -0.1) is 0 Å². The van der Waals surface area contributed by atoms with E-state index in [1.807, 2.05) is 0 Å². The lowest BCUT2D eigenvalue weighted by molar-refractivity contribution is -0.386. The van der Waals surface area contributed by atoms with E-state index in [0.29, 0.717) is 17.7 Å². The maximum absolute atomic E-state index is 12.8. The van der Waals surface area contributed by atoms with Crippen LogP contribution in [0.4, 0.5) is 11.4 Å². The molecule has 0 spiro atoms. The predicted molar refractivity (Wildman–Crippen MR) is 110 cm³/mol. The molecule has 1 aliphatic rings. The molecule has 11 nitrogen and oxygen atoms in total. The number of sulfonamides is 1. The number of fused-ring (bicyclic) bond motifs is 1. The fourth-order valence-electron chi connectivity index (χ4n) is 3.33. The Bertz CT molecular complexity index is 1250. The number of pyridine rings is 1. The highest BCUT2D eigenvalue weighted by molar-refractivity contribution is 7.92. The molecule has 3 rings (SSSR count). The van der Waals surface area contributed by atoms with Crippen LogP contribution in [-0.4, -0.2) is 49.1 Å². The Morgan fingerprint density at radius 1 is 1.23 bits per heavy atom. The van der Waals surface area contributed by atoms with Gasteiger partial charge in [0.1, 0.15) is 0 Å². The number of ether oxygens (including phenoxy) is 1. The number of carbonyl (C=O) groups excluding carboxylic acids is 2. The standard InChI is InChI=1S/C19H19N3O8S/c1-3-31(28,29)21-7-6-12-8-13(4-5-15(12)21)17(23)11-20-10-14(19(25)30-2)9-16(18(20)24)22(26)27/h4-5,8-10H,3,6-7,11H2,1-2H3. The number of nitrogens with zero attached hydrogens (tertiary/aromatic N) is 3. The van der Waals surface area contributed by atoms with E-state index in [9.17, 15) is 32.9 Å². The molecule has 0 atom stereocenters. The first-order valence-electron chi connectivity index (χ1n) is 9.22. The van der Waals surface area contributed by atoms with Gasteiger partial charge in [-0.3, -0.25) is 24.0 Å². The second-order valence-corrected chi connectivity index (χ2v) is 8.97. The van der Waals surface area contributed by atoms with E-state index < -0.39 is 44.5 Å². The second kappa shape index (κ2) is 8.30. The van der Waals surface area contributed by atoms with Crippen molar-refractivity contribution in [1.29, 1.82) is 0 Å². The molecule has 1 aliphatic heterocycles. The monoisotopic (exact) mass is 449 g/mol. The average molecular weight is 449 g/mol. The zero-order valence-corrected chi connectivity index (χ0v) is 17.5. The molecule has 0 fully saturated rings. The third kappa shape index (κ3) is 4.19. The minimum absolute atomic E-state index is 0.0502. The quantitative estimate of drug-likeness (QED) is 0.265. The van der Waals surface area contributed by atoms with Crippen molar-refractivity contribution in [2.24, 2.45) is 0 Å². The fourth-order valence-corrected chi connectivity index (χ4v) is 4.49. The first kappa shape index (κ1) is 22.2. The van der Waals surface area contributed by atoms with E-state index in [2.05, 4.69) is 4.74 Å². The highest BCUT2D eigenvalue weighted by atomic mass is 32.2. The second-order valence-electron chi connectivity index (χ2n) is 6.79. The topological polar surface area (TPSA) is 146 Å². The van der Waals surface area contributed by atoms with Crippen molar-refractivity contribution >= 4 is 33.2 Å². The van der Waals surface area contributed by atoms with Crippen molar-refractivity contribution in [3.8, 4) is 0 Å². The molecule has 0 unspecified atom stereocenters. The maximum atomic E-state index is 12.8.